The Balaban J connectivity index is 4.20. The third-order valence-electron chi connectivity index (χ3n) is 1.79. The van der Waals surface area contributed by atoms with Gasteiger partial charge in [-0.2, -0.15) is 0 Å². The fourth-order valence-electron chi connectivity index (χ4n) is 0.589. The molecule has 6 nitrogen and oxygen atoms in total. The smallest absolute Gasteiger partial charge is 0.237 e. The first-order valence-electron chi connectivity index (χ1n) is 4.20. The predicted molar refractivity (Wildman–Crippen MR) is 54.1 cm³/mol. The Bertz CT molecular complexity index is 287. The van der Waals surface area contributed by atoms with Crippen LogP contribution in [0.5, 0.6) is 0 Å². The van der Waals surface area contributed by atoms with Gasteiger partial charge >= 0.3 is 0 Å². The van der Waals surface area contributed by atoms with Crippen LogP contribution in [-0.2, 0) is 14.8 Å². The van der Waals surface area contributed by atoms with E-state index in [1.165, 1.54) is 11.8 Å². The Morgan fingerprint density at radius 3 is 2.36 bits per heavy atom. The monoisotopic (exact) mass is 223 g/mol. The minimum atomic E-state index is -3.46. The molecule has 0 heterocycles. The number of carbonyl (C=O) groups is 1. The van der Waals surface area contributed by atoms with Crippen LogP contribution in [0.1, 0.15) is 6.92 Å². The van der Waals surface area contributed by atoms with Crippen molar-refractivity contribution < 1.29 is 13.2 Å². The molecule has 14 heavy (non-hydrogen) atoms. The number of carbonyl (C=O) groups excluding carboxylic acids is 1. The average Bonchev–Trinajstić information content (AvgIpc) is 2.12. The van der Waals surface area contributed by atoms with Crippen LogP contribution in [0, 0.1) is 0 Å². The molecule has 0 bridgehead atoms. The van der Waals surface area contributed by atoms with Crippen molar-refractivity contribution in [3.63, 3.8) is 0 Å². The molecule has 0 aromatic rings. The molecule has 0 aromatic carbocycles. The lowest BCUT2D eigenvalue weighted by Gasteiger charge is -2.14. The van der Waals surface area contributed by atoms with E-state index >= 15 is 0 Å². The summed E-state index contributed by atoms with van der Waals surface area (Å²) in [6.07, 6.45) is 0. The van der Waals surface area contributed by atoms with E-state index in [1.54, 1.807) is 14.1 Å². The lowest BCUT2D eigenvalue weighted by Crippen LogP contribution is -2.42. The highest BCUT2D eigenvalue weighted by Gasteiger charge is 2.19. The van der Waals surface area contributed by atoms with E-state index in [0.29, 0.717) is 0 Å². The molecule has 3 N–H and O–H groups in total. The zero-order valence-corrected chi connectivity index (χ0v) is 9.47. The summed E-state index contributed by atoms with van der Waals surface area (Å²) in [5, 5.41) is -0.683. The molecule has 0 aliphatic rings. The van der Waals surface area contributed by atoms with E-state index < -0.39 is 15.3 Å². The zero-order valence-electron chi connectivity index (χ0n) is 8.65. The van der Waals surface area contributed by atoms with Gasteiger partial charge in [0.15, 0.2) is 0 Å². The third-order valence-corrected chi connectivity index (χ3v) is 3.58. The van der Waals surface area contributed by atoms with Crippen LogP contribution in [0.4, 0.5) is 0 Å². The number of hydrogen-bond acceptors (Lipinski definition) is 4. The molecule has 0 saturated carbocycles. The summed E-state index contributed by atoms with van der Waals surface area (Å²) in [7, 11) is -0.344. The van der Waals surface area contributed by atoms with Crippen LogP contribution in [-0.4, -0.2) is 51.7 Å². The Morgan fingerprint density at radius 2 is 2.00 bits per heavy atom. The van der Waals surface area contributed by atoms with Crippen LogP contribution in [0.15, 0.2) is 0 Å². The third kappa shape index (κ3) is 4.03. The van der Waals surface area contributed by atoms with Crippen LogP contribution in [0.25, 0.3) is 0 Å². The summed E-state index contributed by atoms with van der Waals surface area (Å²) < 4.78 is 24.8. The number of nitrogens with one attached hydrogen (secondary N) is 1. The molecule has 0 radical (unpaired) electrons. The van der Waals surface area contributed by atoms with E-state index in [9.17, 15) is 13.2 Å². The number of nitrogens with two attached hydrogens (primary N) is 1. The molecule has 0 rings (SSSR count). The molecule has 0 saturated heterocycles. The van der Waals surface area contributed by atoms with Gasteiger partial charge in [-0.05, 0) is 6.92 Å². The molecule has 0 spiro atoms. The Kier molecular flexibility index (Phi) is 5.03. The standard InChI is InChI=1S/C7H17N3O3S/c1-6(4-8)14(12,13)9-5-7(11)10(2)3/h6,9H,4-5,8H2,1-3H3. The van der Waals surface area contributed by atoms with Crippen molar-refractivity contribution in [3.8, 4) is 0 Å². The second-order valence-electron chi connectivity index (χ2n) is 3.20. The van der Waals surface area contributed by atoms with E-state index in [1.807, 2.05) is 0 Å². The van der Waals surface area contributed by atoms with E-state index in [4.69, 9.17) is 5.73 Å². The minimum absolute atomic E-state index is 0.0332. The maximum Gasteiger partial charge on any atom is 0.237 e. The van der Waals surface area contributed by atoms with Crippen LogP contribution >= 0.6 is 0 Å². The number of rotatable bonds is 5. The van der Waals surface area contributed by atoms with Gasteiger partial charge in [-0.15, -0.1) is 0 Å². The summed E-state index contributed by atoms with van der Waals surface area (Å²) in [4.78, 5) is 12.4. The van der Waals surface area contributed by atoms with Crippen LogP contribution in [0.2, 0.25) is 0 Å². The molecular formula is C7H17N3O3S. The van der Waals surface area contributed by atoms with E-state index in [2.05, 4.69) is 4.72 Å². The van der Waals surface area contributed by atoms with Gasteiger partial charge in [0.25, 0.3) is 0 Å². The highest BCUT2D eigenvalue weighted by atomic mass is 32.2. The summed E-state index contributed by atoms with van der Waals surface area (Å²) in [5.74, 6) is -0.294. The average molecular weight is 223 g/mol. The summed E-state index contributed by atoms with van der Waals surface area (Å²) in [6.45, 7) is 1.30. The quantitative estimate of drug-likeness (QED) is 0.583. The second-order valence-corrected chi connectivity index (χ2v) is 5.38. The van der Waals surface area contributed by atoms with Gasteiger partial charge in [0.2, 0.25) is 15.9 Å². The number of nitrogens with zero attached hydrogens (tertiary/aromatic N) is 1. The van der Waals surface area contributed by atoms with E-state index in [0.717, 1.165) is 0 Å². The number of likely N-dealkylation sites (N-methyl/N-ethyl adjacent to an activating group) is 1. The number of amides is 1. The van der Waals surface area contributed by atoms with Gasteiger partial charge in [0, 0.05) is 20.6 Å². The topological polar surface area (TPSA) is 92.5 Å². The second kappa shape index (κ2) is 5.28. The fourth-order valence-corrected chi connectivity index (χ4v) is 1.45. The highest BCUT2D eigenvalue weighted by Crippen LogP contribution is 1.94. The number of sulfonamides is 1. The molecule has 0 aromatic heterocycles. The largest absolute Gasteiger partial charge is 0.348 e. The van der Waals surface area contributed by atoms with Gasteiger partial charge in [-0.1, -0.05) is 0 Å². The SMILES string of the molecule is CC(CN)S(=O)(=O)NCC(=O)N(C)C. The maximum absolute atomic E-state index is 11.3. The summed E-state index contributed by atoms with van der Waals surface area (Å²) in [6, 6.07) is 0. The summed E-state index contributed by atoms with van der Waals surface area (Å²) >= 11 is 0. The van der Waals surface area contributed by atoms with E-state index in [-0.39, 0.29) is 19.0 Å². The minimum Gasteiger partial charge on any atom is -0.348 e. The lowest BCUT2D eigenvalue weighted by atomic mass is 10.5. The molecule has 1 atom stereocenters. The molecule has 0 aliphatic heterocycles. The molecule has 84 valence electrons. The van der Waals surface area contributed by atoms with Gasteiger partial charge in [-0.25, -0.2) is 13.1 Å². The van der Waals surface area contributed by atoms with Gasteiger partial charge in [0.05, 0.1) is 11.8 Å². The molecule has 0 fully saturated rings. The lowest BCUT2D eigenvalue weighted by molar-refractivity contribution is -0.127. The van der Waals surface area contributed by atoms with Gasteiger partial charge < -0.3 is 10.6 Å². The van der Waals surface area contributed by atoms with Crippen molar-refractivity contribution in [2.24, 2.45) is 5.73 Å². The van der Waals surface area contributed by atoms with Crippen molar-refractivity contribution in [3.05, 3.63) is 0 Å². The fraction of sp³-hybridized carbons (Fsp3) is 0.857. The van der Waals surface area contributed by atoms with Crippen LogP contribution < -0.4 is 10.5 Å². The Hall–Kier alpha value is -0.660. The zero-order chi connectivity index (χ0) is 11.4. The Labute approximate surface area is 84.5 Å². The summed E-state index contributed by atoms with van der Waals surface area (Å²) in [5.41, 5.74) is 5.21. The first-order chi connectivity index (χ1) is 6.31. The maximum atomic E-state index is 11.3. The molecule has 7 heteroatoms. The van der Waals surface area contributed by atoms with Crippen molar-refractivity contribution in [2.75, 3.05) is 27.2 Å². The molecule has 1 amide bonds. The Morgan fingerprint density at radius 1 is 1.50 bits per heavy atom. The predicted octanol–water partition coefficient (Wildman–Crippen LogP) is -1.66. The number of hydrogen-bond donors (Lipinski definition) is 2. The first kappa shape index (κ1) is 13.3. The van der Waals surface area contributed by atoms with Gasteiger partial charge in [-0.3, -0.25) is 4.79 Å². The van der Waals surface area contributed by atoms with Crippen molar-refractivity contribution >= 4 is 15.9 Å². The highest BCUT2D eigenvalue weighted by molar-refractivity contribution is 7.90. The van der Waals surface area contributed by atoms with Crippen molar-refractivity contribution in [1.29, 1.82) is 0 Å². The normalized spacial score (nSPS) is 13.7. The van der Waals surface area contributed by atoms with Gasteiger partial charge in [0.1, 0.15) is 0 Å². The first-order valence-corrected chi connectivity index (χ1v) is 5.74. The van der Waals surface area contributed by atoms with Crippen molar-refractivity contribution in [1.82, 2.24) is 9.62 Å². The molecular weight excluding hydrogens is 206 g/mol. The molecule has 1 unspecified atom stereocenters. The van der Waals surface area contributed by atoms with Crippen molar-refractivity contribution in [2.45, 2.75) is 12.2 Å². The van der Waals surface area contributed by atoms with Crippen LogP contribution in [0.3, 0.4) is 0 Å². The molecule has 0 aliphatic carbocycles.